The zero-order valence-corrected chi connectivity index (χ0v) is 18.7. The Balaban J connectivity index is 1.54. The molecule has 0 fully saturated rings. The fraction of sp³-hybridized carbons (Fsp3) is 0.138. The lowest BCUT2D eigenvalue weighted by Gasteiger charge is -2.29. The quantitative estimate of drug-likeness (QED) is 0.308. The van der Waals surface area contributed by atoms with Gasteiger partial charge in [0.1, 0.15) is 24.2 Å². The van der Waals surface area contributed by atoms with E-state index in [1.165, 1.54) is 12.1 Å². The van der Waals surface area contributed by atoms with Crippen molar-refractivity contribution in [3.8, 4) is 5.75 Å². The lowest BCUT2D eigenvalue weighted by molar-refractivity contribution is -0.144. The summed E-state index contributed by atoms with van der Waals surface area (Å²) in [5, 5.41) is 10.1. The van der Waals surface area contributed by atoms with Gasteiger partial charge in [0.25, 0.3) is 0 Å². The average molecular weight is 456 g/mol. The van der Waals surface area contributed by atoms with Crippen molar-refractivity contribution in [3.63, 3.8) is 0 Å². The fourth-order valence-electron chi connectivity index (χ4n) is 3.92. The van der Waals surface area contributed by atoms with Crippen LogP contribution in [0.3, 0.4) is 0 Å². The molecule has 0 aliphatic carbocycles. The van der Waals surface area contributed by atoms with Crippen LogP contribution in [-0.4, -0.2) is 16.0 Å². The van der Waals surface area contributed by atoms with Crippen LogP contribution in [0.1, 0.15) is 28.3 Å². The van der Waals surface area contributed by atoms with Crippen LogP contribution < -0.4 is 4.74 Å². The molecule has 172 valence electrons. The Morgan fingerprint density at radius 1 is 0.765 bits per heavy atom. The second kappa shape index (κ2) is 11.3. The lowest BCUT2D eigenvalue weighted by Crippen LogP contribution is -2.33. The first-order valence-corrected chi connectivity index (χ1v) is 11.1. The van der Waals surface area contributed by atoms with Crippen LogP contribution in [0.15, 0.2) is 109 Å². The number of ether oxygens (including phenoxy) is 1. The number of aliphatic carboxylic acids is 1. The predicted molar refractivity (Wildman–Crippen MR) is 130 cm³/mol. The summed E-state index contributed by atoms with van der Waals surface area (Å²) in [5.74, 6) is -0.559. The maximum Gasteiger partial charge on any atom is 0.325 e. The van der Waals surface area contributed by atoms with Gasteiger partial charge in [-0.05, 0) is 46.5 Å². The van der Waals surface area contributed by atoms with Crippen LogP contribution in [0.4, 0.5) is 4.39 Å². The van der Waals surface area contributed by atoms with E-state index in [2.05, 4.69) is 0 Å². The smallest absolute Gasteiger partial charge is 0.325 e. The topological polar surface area (TPSA) is 49.8 Å². The molecule has 1 unspecified atom stereocenters. The van der Waals surface area contributed by atoms with Crippen LogP contribution in [0.5, 0.6) is 5.75 Å². The summed E-state index contributed by atoms with van der Waals surface area (Å²) in [7, 11) is 0. The molecule has 0 aliphatic rings. The van der Waals surface area contributed by atoms with E-state index in [1.54, 1.807) is 24.3 Å². The monoisotopic (exact) mass is 455 g/mol. The van der Waals surface area contributed by atoms with Gasteiger partial charge in [0.15, 0.2) is 0 Å². The summed E-state index contributed by atoms with van der Waals surface area (Å²) in [6.45, 7) is 1.14. The van der Waals surface area contributed by atoms with E-state index >= 15 is 0 Å². The molecule has 1 N–H and O–H groups in total. The highest BCUT2D eigenvalue weighted by atomic mass is 19.1. The van der Waals surface area contributed by atoms with Gasteiger partial charge in [-0.1, -0.05) is 84.9 Å². The van der Waals surface area contributed by atoms with E-state index in [0.717, 1.165) is 16.9 Å². The molecule has 0 saturated heterocycles. The molecular weight excluding hydrogens is 429 g/mol. The van der Waals surface area contributed by atoms with Gasteiger partial charge in [-0.25, -0.2) is 4.39 Å². The summed E-state index contributed by atoms with van der Waals surface area (Å²) in [6.07, 6.45) is 0. The van der Waals surface area contributed by atoms with Crippen LogP contribution in [-0.2, 0) is 24.5 Å². The zero-order chi connectivity index (χ0) is 23.8. The van der Waals surface area contributed by atoms with Crippen LogP contribution in [0.25, 0.3) is 0 Å². The zero-order valence-electron chi connectivity index (χ0n) is 18.7. The van der Waals surface area contributed by atoms with E-state index in [0.29, 0.717) is 24.3 Å². The van der Waals surface area contributed by atoms with Gasteiger partial charge in [-0.2, -0.15) is 0 Å². The molecule has 34 heavy (non-hydrogen) atoms. The molecule has 4 nitrogen and oxygen atoms in total. The number of hydrogen-bond donors (Lipinski definition) is 1. The van der Waals surface area contributed by atoms with Gasteiger partial charge in [-0.15, -0.1) is 0 Å². The highest BCUT2D eigenvalue weighted by Crippen LogP contribution is 2.26. The molecule has 0 radical (unpaired) electrons. The molecule has 0 aliphatic heterocycles. The molecule has 0 heterocycles. The van der Waals surface area contributed by atoms with Gasteiger partial charge >= 0.3 is 5.97 Å². The number of hydrogen-bond acceptors (Lipinski definition) is 3. The third-order valence-corrected chi connectivity index (χ3v) is 5.55. The Morgan fingerprint density at radius 3 is 2.03 bits per heavy atom. The predicted octanol–water partition coefficient (Wildman–Crippen LogP) is 6.23. The summed E-state index contributed by atoms with van der Waals surface area (Å²) < 4.78 is 19.7. The number of rotatable bonds is 10. The van der Waals surface area contributed by atoms with Gasteiger partial charge in [0, 0.05) is 13.1 Å². The van der Waals surface area contributed by atoms with Gasteiger partial charge in [0.05, 0.1) is 0 Å². The first kappa shape index (κ1) is 23.2. The minimum absolute atomic E-state index is 0.288. The Bertz CT molecular complexity index is 1200. The molecule has 0 bridgehead atoms. The van der Waals surface area contributed by atoms with Crippen molar-refractivity contribution in [3.05, 3.63) is 137 Å². The molecule has 0 saturated carbocycles. The molecule has 4 aromatic carbocycles. The molecule has 4 rings (SSSR count). The normalized spacial score (nSPS) is 11.8. The number of benzene rings is 4. The minimum atomic E-state index is -0.953. The van der Waals surface area contributed by atoms with Gasteiger partial charge in [0.2, 0.25) is 0 Å². The third-order valence-electron chi connectivity index (χ3n) is 5.55. The Hall–Kier alpha value is -3.96. The largest absolute Gasteiger partial charge is 0.489 e. The van der Waals surface area contributed by atoms with Crippen molar-refractivity contribution in [1.82, 2.24) is 4.90 Å². The summed E-state index contributed by atoms with van der Waals surface area (Å²) in [5.41, 5.74) is 3.41. The Labute approximate surface area is 198 Å². The second-order valence-electron chi connectivity index (χ2n) is 8.10. The average Bonchev–Trinajstić information content (AvgIpc) is 2.85. The van der Waals surface area contributed by atoms with E-state index < -0.39 is 12.0 Å². The molecule has 0 amide bonds. The Morgan fingerprint density at radius 2 is 1.38 bits per heavy atom. The van der Waals surface area contributed by atoms with Crippen molar-refractivity contribution in [2.75, 3.05) is 0 Å². The van der Waals surface area contributed by atoms with E-state index in [1.807, 2.05) is 77.7 Å². The molecule has 1 atom stereocenters. The van der Waals surface area contributed by atoms with Crippen molar-refractivity contribution in [2.24, 2.45) is 0 Å². The highest BCUT2D eigenvalue weighted by molar-refractivity contribution is 5.75. The molecule has 0 spiro atoms. The van der Waals surface area contributed by atoms with Crippen LogP contribution in [0.2, 0.25) is 0 Å². The molecule has 4 aromatic rings. The van der Waals surface area contributed by atoms with Crippen molar-refractivity contribution in [2.45, 2.75) is 25.7 Å². The van der Waals surface area contributed by atoms with Crippen molar-refractivity contribution >= 4 is 5.97 Å². The van der Waals surface area contributed by atoms with Crippen molar-refractivity contribution < 1.29 is 19.0 Å². The third kappa shape index (κ3) is 6.30. The molecule has 0 aromatic heterocycles. The number of carboxylic acid groups (broad SMARTS) is 1. The summed E-state index contributed by atoms with van der Waals surface area (Å²) in [4.78, 5) is 14.2. The maximum absolute atomic E-state index is 13.8. The number of carbonyl (C=O) groups is 1. The van der Waals surface area contributed by atoms with E-state index in [4.69, 9.17) is 4.74 Å². The van der Waals surface area contributed by atoms with E-state index in [9.17, 15) is 14.3 Å². The van der Waals surface area contributed by atoms with Crippen LogP contribution in [0, 0.1) is 5.82 Å². The SMILES string of the molecule is O=C(O)C(c1ccccc1)N(Cc1ccc(OCc2ccccc2)cc1)Cc1cccc(F)c1. The highest BCUT2D eigenvalue weighted by Gasteiger charge is 2.27. The number of nitrogens with zero attached hydrogens (tertiary/aromatic N) is 1. The first-order chi connectivity index (χ1) is 16.6. The second-order valence-corrected chi connectivity index (χ2v) is 8.10. The van der Waals surface area contributed by atoms with Gasteiger partial charge < -0.3 is 9.84 Å². The number of carboxylic acids is 1. The first-order valence-electron chi connectivity index (χ1n) is 11.1. The van der Waals surface area contributed by atoms with Crippen molar-refractivity contribution in [1.29, 1.82) is 0 Å². The Kier molecular flexibility index (Phi) is 7.68. The summed E-state index contributed by atoms with van der Waals surface area (Å²) >= 11 is 0. The molecular formula is C29H26FNO3. The van der Waals surface area contributed by atoms with Gasteiger partial charge in [-0.3, -0.25) is 9.69 Å². The number of halogens is 1. The summed E-state index contributed by atoms with van der Waals surface area (Å²) in [6, 6.07) is 32.1. The fourth-order valence-corrected chi connectivity index (χ4v) is 3.92. The minimum Gasteiger partial charge on any atom is -0.489 e. The molecule has 5 heteroatoms. The van der Waals surface area contributed by atoms with Crippen LogP contribution >= 0.6 is 0 Å². The lowest BCUT2D eigenvalue weighted by atomic mass is 10.0. The standard InChI is InChI=1S/C29H26FNO3/c30-26-13-7-10-24(18-26)20-31(28(29(32)33)25-11-5-2-6-12-25)19-22-14-16-27(17-15-22)34-21-23-8-3-1-4-9-23/h1-18,28H,19-21H2,(H,32,33). The van der Waals surface area contributed by atoms with E-state index in [-0.39, 0.29) is 12.4 Å². The maximum atomic E-state index is 13.8.